The molecule has 138 valence electrons. The maximum atomic E-state index is 9.43. The van der Waals surface area contributed by atoms with Crippen LogP contribution in [-0.4, -0.2) is 11.7 Å². The molecule has 4 aliphatic carbocycles. The minimum absolute atomic E-state index is 0.379. The number of aliphatic hydroxyl groups is 1. The standard InChI is InChI=1S/C23H40O/c1-16(12-15-24)19-9-10-20-18-8-7-17-6-4-5-13-22(17,2)21(18)11-14-23(19,20)3/h16-21,24H,4-15H2,1-3H3/t16?,17-,18?,19+,20?,21?,22-,23+/m0/s1. The highest BCUT2D eigenvalue weighted by molar-refractivity contribution is 5.09. The van der Waals surface area contributed by atoms with Gasteiger partial charge in [0.25, 0.3) is 0 Å². The molecule has 4 unspecified atom stereocenters. The van der Waals surface area contributed by atoms with E-state index >= 15 is 0 Å². The van der Waals surface area contributed by atoms with Gasteiger partial charge in [0.05, 0.1) is 0 Å². The molecule has 0 aliphatic heterocycles. The lowest BCUT2D eigenvalue weighted by Gasteiger charge is -2.61. The lowest BCUT2D eigenvalue weighted by molar-refractivity contribution is -0.114. The van der Waals surface area contributed by atoms with E-state index in [4.69, 9.17) is 0 Å². The predicted molar refractivity (Wildman–Crippen MR) is 101 cm³/mol. The van der Waals surface area contributed by atoms with Crippen molar-refractivity contribution in [2.45, 2.75) is 91.4 Å². The summed E-state index contributed by atoms with van der Waals surface area (Å²) in [5.74, 6) is 5.66. The first-order chi connectivity index (χ1) is 11.5. The Balaban J connectivity index is 1.57. The van der Waals surface area contributed by atoms with Crippen LogP contribution in [0.15, 0.2) is 0 Å². The molecular formula is C23H40O. The topological polar surface area (TPSA) is 20.2 Å². The number of hydrogen-bond donors (Lipinski definition) is 1. The van der Waals surface area contributed by atoms with Crippen LogP contribution in [-0.2, 0) is 0 Å². The van der Waals surface area contributed by atoms with Crippen molar-refractivity contribution in [2.75, 3.05) is 6.61 Å². The third-order valence-electron chi connectivity index (χ3n) is 9.93. The maximum absolute atomic E-state index is 9.43. The SMILES string of the molecule is CC(CCO)[C@H]1CCC2C3CC[C@@H]4CCCC[C@]4(C)C3CC[C@@]21C. The van der Waals surface area contributed by atoms with Crippen molar-refractivity contribution in [1.29, 1.82) is 0 Å². The van der Waals surface area contributed by atoms with Gasteiger partial charge in [0.15, 0.2) is 0 Å². The van der Waals surface area contributed by atoms with Crippen LogP contribution >= 0.6 is 0 Å². The fourth-order valence-electron chi connectivity index (χ4n) is 8.68. The molecule has 0 saturated heterocycles. The Morgan fingerprint density at radius 2 is 1.67 bits per heavy atom. The molecule has 0 heterocycles. The third-order valence-corrected chi connectivity index (χ3v) is 9.93. The Morgan fingerprint density at radius 1 is 0.875 bits per heavy atom. The third kappa shape index (κ3) is 2.43. The summed E-state index contributed by atoms with van der Waals surface area (Å²) >= 11 is 0. The zero-order valence-corrected chi connectivity index (χ0v) is 16.4. The van der Waals surface area contributed by atoms with E-state index in [1.165, 1.54) is 64.2 Å². The van der Waals surface area contributed by atoms with Gasteiger partial charge in [0.2, 0.25) is 0 Å². The molecule has 1 nitrogen and oxygen atoms in total. The second-order valence-corrected chi connectivity index (χ2v) is 10.6. The van der Waals surface area contributed by atoms with Crippen LogP contribution < -0.4 is 0 Å². The summed E-state index contributed by atoms with van der Waals surface area (Å²) in [6.07, 6.45) is 16.0. The first-order valence-electron chi connectivity index (χ1n) is 11.1. The van der Waals surface area contributed by atoms with Crippen molar-refractivity contribution in [3.8, 4) is 0 Å². The zero-order valence-electron chi connectivity index (χ0n) is 16.4. The van der Waals surface area contributed by atoms with E-state index in [1.807, 2.05) is 0 Å². The van der Waals surface area contributed by atoms with Gasteiger partial charge in [-0.2, -0.15) is 0 Å². The highest BCUT2D eigenvalue weighted by Crippen LogP contribution is 2.68. The van der Waals surface area contributed by atoms with Crippen LogP contribution in [0.3, 0.4) is 0 Å². The lowest BCUT2D eigenvalue weighted by Crippen LogP contribution is -2.53. The quantitative estimate of drug-likeness (QED) is 0.666. The Labute approximate surface area is 150 Å². The van der Waals surface area contributed by atoms with Gasteiger partial charge in [-0.3, -0.25) is 0 Å². The molecule has 4 fully saturated rings. The molecule has 1 heteroatoms. The molecule has 0 spiro atoms. The van der Waals surface area contributed by atoms with E-state index in [-0.39, 0.29) is 0 Å². The van der Waals surface area contributed by atoms with Gasteiger partial charge in [-0.25, -0.2) is 0 Å². The van der Waals surface area contributed by atoms with Crippen LogP contribution in [0.1, 0.15) is 91.4 Å². The summed E-state index contributed by atoms with van der Waals surface area (Å²) in [6.45, 7) is 8.13. The fraction of sp³-hybridized carbons (Fsp3) is 1.00. The molecule has 0 aromatic heterocycles. The molecular weight excluding hydrogens is 292 g/mol. The highest BCUT2D eigenvalue weighted by atomic mass is 16.3. The Bertz CT molecular complexity index is 459. The first kappa shape index (κ1) is 17.4. The second kappa shape index (κ2) is 6.29. The largest absolute Gasteiger partial charge is 0.396 e. The van der Waals surface area contributed by atoms with Crippen molar-refractivity contribution < 1.29 is 5.11 Å². The van der Waals surface area contributed by atoms with Crippen LogP contribution in [0.5, 0.6) is 0 Å². The average molecular weight is 333 g/mol. The Hall–Kier alpha value is -0.0400. The number of hydrogen-bond acceptors (Lipinski definition) is 1. The molecule has 0 aromatic rings. The van der Waals surface area contributed by atoms with Crippen molar-refractivity contribution in [2.24, 2.45) is 46.3 Å². The molecule has 0 bridgehead atoms. The summed E-state index contributed by atoms with van der Waals surface area (Å²) in [5, 5.41) is 9.43. The molecule has 24 heavy (non-hydrogen) atoms. The monoisotopic (exact) mass is 332 g/mol. The zero-order chi connectivity index (χ0) is 16.9. The summed E-state index contributed by atoms with van der Waals surface area (Å²) < 4.78 is 0. The Kier molecular flexibility index (Phi) is 4.55. The van der Waals surface area contributed by atoms with E-state index < -0.39 is 0 Å². The molecule has 0 radical (unpaired) electrons. The fourth-order valence-corrected chi connectivity index (χ4v) is 8.68. The van der Waals surface area contributed by atoms with Gasteiger partial charge >= 0.3 is 0 Å². The minimum atomic E-state index is 0.379. The Morgan fingerprint density at radius 3 is 2.46 bits per heavy atom. The first-order valence-corrected chi connectivity index (χ1v) is 11.1. The second-order valence-electron chi connectivity index (χ2n) is 10.6. The van der Waals surface area contributed by atoms with E-state index in [9.17, 15) is 5.11 Å². The van der Waals surface area contributed by atoms with Gasteiger partial charge < -0.3 is 5.11 Å². The molecule has 0 amide bonds. The van der Waals surface area contributed by atoms with E-state index in [0.29, 0.717) is 23.4 Å². The number of fused-ring (bicyclic) bond motifs is 5. The number of rotatable bonds is 3. The van der Waals surface area contributed by atoms with Gasteiger partial charge in [-0.05, 0) is 104 Å². The molecule has 4 aliphatic rings. The van der Waals surface area contributed by atoms with Gasteiger partial charge in [0, 0.05) is 6.61 Å². The van der Waals surface area contributed by atoms with Crippen LogP contribution in [0.25, 0.3) is 0 Å². The maximum Gasteiger partial charge on any atom is 0.0433 e. The summed E-state index contributed by atoms with van der Waals surface area (Å²) in [6, 6.07) is 0. The van der Waals surface area contributed by atoms with E-state index in [1.54, 1.807) is 0 Å². The summed E-state index contributed by atoms with van der Waals surface area (Å²) in [5.41, 5.74) is 1.25. The van der Waals surface area contributed by atoms with Gasteiger partial charge in [0.1, 0.15) is 0 Å². The smallest absolute Gasteiger partial charge is 0.0433 e. The highest BCUT2D eigenvalue weighted by Gasteiger charge is 2.59. The molecule has 4 saturated carbocycles. The molecule has 4 rings (SSSR count). The van der Waals surface area contributed by atoms with Crippen molar-refractivity contribution in [3.05, 3.63) is 0 Å². The normalized spacial score (nSPS) is 52.2. The minimum Gasteiger partial charge on any atom is -0.396 e. The summed E-state index contributed by atoms with van der Waals surface area (Å²) in [4.78, 5) is 0. The van der Waals surface area contributed by atoms with Crippen molar-refractivity contribution in [3.63, 3.8) is 0 Å². The molecule has 1 N–H and O–H groups in total. The van der Waals surface area contributed by atoms with E-state index in [2.05, 4.69) is 20.8 Å². The molecule has 0 aromatic carbocycles. The summed E-state index contributed by atoms with van der Waals surface area (Å²) in [7, 11) is 0. The van der Waals surface area contributed by atoms with E-state index in [0.717, 1.165) is 36.0 Å². The molecule has 8 atom stereocenters. The average Bonchev–Trinajstić information content (AvgIpc) is 2.92. The van der Waals surface area contributed by atoms with Crippen LogP contribution in [0, 0.1) is 46.3 Å². The number of aliphatic hydroxyl groups excluding tert-OH is 1. The van der Waals surface area contributed by atoms with Crippen molar-refractivity contribution >= 4 is 0 Å². The van der Waals surface area contributed by atoms with Crippen LogP contribution in [0.2, 0.25) is 0 Å². The van der Waals surface area contributed by atoms with Gasteiger partial charge in [-0.15, -0.1) is 0 Å². The lowest BCUT2D eigenvalue weighted by atomic mass is 9.44. The van der Waals surface area contributed by atoms with Crippen LogP contribution in [0.4, 0.5) is 0 Å². The van der Waals surface area contributed by atoms with Crippen molar-refractivity contribution in [1.82, 2.24) is 0 Å². The predicted octanol–water partition coefficient (Wildman–Crippen LogP) is 6.05. The van der Waals surface area contributed by atoms with Gasteiger partial charge in [-0.1, -0.05) is 33.6 Å².